The van der Waals surface area contributed by atoms with Crippen LogP contribution in [-0.4, -0.2) is 21.9 Å². The van der Waals surface area contributed by atoms with Crippen molar-refractivity contribution >= 4 is 28.6 Å². The maximum atomic E-state index is 5.63. The predicted octanol–water partition coefficient (Wildman–Crippen LogP) is 2.57. The summed E-state index contributed by atoms with van der Waals surface area (Å²) in [7, 11) is 0. The molecule has 0 saturated carbocycles. The van der Waals surface area contributed by atoms with Crippen molar-refractivity contribution in [2.24, 2.45) is 27.2 Å². The van der Waals surface area contributed by atoms with E-state index in [1.807, 2.05) is 30.3 Å². The number of guanidine groups is 2. The summed E-state index contributed by atoms with van der Waals surface area (Å²) in [6.45, 7) is 4.34. The lowest BCUT2D eigenvalue weighted by molar-refractivity contribution is 0.868. The molecule has 1 heterocycles. The van der Waals surface area contributed by atoms with Crippen molar-refractivity contribution in [3.8, 4) is 11.4 Å². The van der Waals surface area contributed by atoms with Gasteiger partial charge in [0.25, 0.3) is 0 Å². The summed E-state index contributed by atoms with van der Waals surface area (Å²) in [6, 6.07) is 13.8. The summed E-state index contributed by atoms with van der Waals surface area (Å²) < 4.78 is 0. The number of aromatic amines is 1. The number of nitrogens with one attached hydrogen (secondary N) is 1. The Morgan fingerprint density at radius 1 is 1.04 bits per heavy atom. The lowest BCUT2D eigenvalue weighted by Gasteiger charge is -2.03. The van der Waals surface area contributed by atoms with Gasteiger partial charge < -0.3 is 22.2 Å². The van der Waals surface area contributed by atoms with Crippen LogP contribution in [0.5, 0.6) is 0 Å². The molecule has 0 aliphatic carbocycles. The quantitative estimate of drug-likeness (QED) is 0.432. The van der Waals surface area contributed by atoms with Gasteiger partial charge in [-0.05, 0) is 47.9 Å². The number of nitrogens with two attached hydrogens (primary N) is 3. The van der Waals surface area contributed by atoms with Gasteiger partial charge in [0.15, 0.2) is 5.96 Å². The van der Waals surface area contributed by atoms with Crippen LogP contribution in [-0.2, 0) is 0 Å². The van der Waals surface area contributed by atoms with Crippen LogP contribution in [0.25, 0.3) is 22.4 Å². The number of H-pyrrole nitrogens is 1. The van der Waals surface area contributed by atoms with Crippen LogP contribution in [0.1, 0.15) is 25.3 Å². The largest absolute Gasteiger partial charge is 0.370 e. The Morgan fingerprint density at radius 3 is 2.40 bits per heavy atom. The molecule has 0 aliphatic rings. The number of hydrogen-bond donors (Lipinski definition) is 4. The monoisotopic (exact) mass is 335 g/mol. The van der Waals surface area contributed by atoms with Gasteiger partial charge >= 0.3 is 0 Å². The Bertz CT molecular complexity index is 945. The maximum absolute atomic E-state index is 5.63. The average Bonchev–Trinajstić information content (AvgIpc) is 2.97. The zero-order valence-corrected chi connectivity index (χ0v) is 14.2. The molecule has 1 aromatic heterocycles. The molecule has 0 saturated heterocycles. The number of benzene rings is 2. The first kappa shape index (κ1) is 16.5. The molecule has 3 aromatic rings. The van der Waals surface area contributed by atoms with Crippen LogP contribution in [0, 0.1) is 0 Å². The van der Waals surface area contributed by atoms with Crippen LogP contribution in [0.15, 0.2) is 52.4 Å². The number of imidazole rings is 1. The van der Waals surface area contributed by atoms with E-state index < -0.39 is 0 Å². The van der Waals surface area contributed by atoms with Gasteiger partial charge in [0.2, 0.25) is 5.96 Å². The van der Waals surface area contributed by atoms with Gasteiger partial charge in [0, 0.05) is 5.56 Å². The Hall–Kier alpha value is -3.35. The molecule has 0 atom stereocenters. The zero-order valence-electron chi connectivity index (χ0n) is 14.2. The second-order valence-electron chi connectivity index (χ2n) is 6.07. The fourth-order valence-corrected chi connectivity index (χ4v) is 2.51. The maximum Gasteiger partial charge on any atom is 0.223 e. The van der Waals surface area contributed by atoms with Crippen molar-refractivity contribution in [2.45, 2.75) is 19.8 Å². The molecular weight excluding hydrogens is 314 g/mol. The number of aromatic nitrogens is 2. The molecule has 25 heavy (non-hydrogen) atoms. The van der Waals surface area contributed by atoms with Crippen molar-refractivity contribution in [3.63, 3.8) is 0 Å². The molecule has 7 N–H and O–H groups in total. The van der Waals surface area contributed by atoms with E-state index in [1.165, 1.54) is 5.56 Å². The lowest BCUT2D eigenvalue weighted by atomic mass is 10.0. The molecule has 7 nitrogen and oxygen atoms in total. The minimum atomic E-state index is -0.124. The fraction of sp³-hybridized carbons (Fsp3) is 0.167. The van der Waals surface area contributed by atoms with Gasteiger partial charge in [-0.3, -0.25) is 0 Å². The highest BCUT2D eigenvalue weighted by Crippen LogP contribution is 2.25. The summed E-state index contributed by atoms with van der Waals surface area (Å²) in [5.41, 5.74) is 21.0. The van der Waals surface area contributed by atoms with Crippen molar-refractivity contribution in [2.75, 3.05) is 0 Å². The molecular formula is C18H21N7. The Labute approximate surface area is 145 Å². The topological polar surface area (TPSA) is 131 Å². The van der Waals surface area contributed by atoms with Crippen LogP contribution in [0.2, 0.25) is 0 Å². The summed E-state index contributed by atoms with van der Waals surface area (Å²) in [6.07, 6.45) is 0. The van der Waals surface area contributed by atoms with Crippen molar-refractivity contribution in [3.05, 3.63) is 48.0 Å². The van der Waals surface area contributed by atoms with E-state index in [9.17, 15) is 0 Å². The SMILES string of the molecule is CC(C)c1ccc2nc(-c3ccc(N=C(N)N=C(N)N)cc3)[nH]c2c1. The fourth-order valence-electron chi connectivity index (χ4n) is 2.51. The smallest absolute Gasteiger partial charge is 0.223 e. The van der Waals surface area contributed by atoms with Crippen molar-refractivity contribution in [1.29, 1.82) is 0 Å². The van der Waals surface area contributed by atoms with Crippen LogP contribution in [0.3, 0.4) is 0 Å². The minimum absolute atomic E-state index is 0.0118. The van der Waals surface area contributed by atoms with Gasteiger partial charge in [-0.2, -0.15) is 4.99 Å². The Morgan fingerprint density at radius 2 is 1.76 bits per heavy atom. The van der Waals surface area contributed by atoms with Crippen molar-refractivity contribution in [1.82, 2.24) is 9.97 Å². The van der Waals surface area contributed by atoms with E-state index in [-0.39, 0.29) is 11.9 Å². The summed E-state index contributed by atoms with van der Waals surface area (Å²) in [5, 5.41) is 0. The lowest BCUT2D eigenvalue weighted by Crippen LogP contribution is -2.26. The van der Waals surface area contributed by atoms with E-state index >= 15 is 0 Å². The highest BCUT2D eigenvalue weighted by atomic mass is 15.1. The van der Waals surface area contributed by atoms with E-state index in [0.717, 1.165) is 22.4 Å². The molecule has 0 spiro atoms. The van der Waals surface area contributed by atoms with Crippen LogP contribution < -0.4 is 17.2 Å². The van der Waals surface area contributed by atoms with Gasteiger partial charge in [-0.25, -0.2) is 9.98 Å². The average molecular weight is 335 g/mol. The van der Waals surface area contributed by atoms with Gasteiger partial charge in [0.1, 0.15) is 5.82 Å². The van der Waals surface area contributed by atoms with Gasteiger partial charge in [-0.15, -0.1) is 0 Å². The Balaban J connectivity index is 1.89. The molecule has 0 radical (unpaired) electrons. The summed E-state index contributed by atoms with van der Waals surface area (Å²) >= 11 is 0. The normalized spacial score (nSPS) is 11.9. The number of nitrogens with zero attached hydrogens (tertiary/aromatic N) is 3. The third-order valence-corrected chi connectivity index (χ3v) is 3.80. The number of hydrogen-bond acceptors (Lipinski definition) is 2. The molecule has 0 fully saturated rings. The molecule has 128 valence electrons. The molecule has 2 aromatic carbocycles. The first-order valence-corrected chi connectivity index (χ1v) is 7.96. The molecule has 0 bridgehead atoms. The highest BCUT2D eigenvalue weighted by molar-refractivity contribution is 5.93. The van der Waals surface area contributed by atoms with Crippen LogP contribution >= 0.6 is 0 Å². The second kappa shape index (κ2) is 6.64. The highest BCUT2D eigenvalue weighted by Gasteiger charge is 2.07. The standard InChI is InChI=1S/C18H21N7/c1-10(2)12-5-8-14-15(9-12)24-16(23-14)11-3-6-13(7-4-11)22-18(21)25-17(19)20/h3-10H,1-2H3,(H,23,24)(H6,19,20,21,22,25). The van der Waals surface area contributed by atoms with Crippen molar-refractivity contribution < 1.29 is 0 Å². The third-order valence-electron chi connectivity index (χ3n) is 3.80. The molecule has 3 rings (SSSR count). The number of rotatable bonds is 3. The number of fused-ring (bicyclic) bond motifs is 1. The third kappa shape index (κ3) is 3.77. The van der Waals surface area contributed by atoms with E-state index in [0.29, 0.717) is 11.6 Å². The molecule has 0 unspecified atom stereocenters. The zero-order chi connectivity index (χ0) is 18.0. The van der Waals surface area contributed by atoms with Gasteiger partial charge in [-0.1, -0.05) is 19.9 Å². The van der Waals surface area contributed by atoms with E-state index in [2.05, 4.69) is 45.9 Å². The van der Waals surface area contributed by atoms with E-state index in [4.69, 9.17) is 17.2 Å². The molecule has 7 heteroatoms. The second-order valence-corrected chi connectivity index (χ2v) is 6.07. The summed E-state index contributed by atoms with van der Waals surface area (Å²) in [5.74, 6) is 1.17. The number of aliphatic imine (C=N–C) groups is 2. The minimum Gasteiger partial charge on any atom is -0.370 e. The summed E-state index contributed by atoms with van der Waals surface area (Å²) in [4.78, 5) is 15.8. The Kier molecular flexibility index (Phi) is 4.38. The molecule has 0 amide bonds. The van der Waals surface area contributed by atoms with Gasteiger partial charge in [0.05, 0.1) is 16.7 Å². The van der Waals surface area contributed by atoms with E-state index in [1.54, 1.807) is 0 Å². The first-order valence-electron chi connectivity index (χ1n) is 7.96. The predicted molar refractivity (Wildman–Crippen MR) is 103 cm³/mol. The van der Waals surface area contributed by atoms with Crippen LogP contribution in [0.4, 0.5) is 5.69 Å². The first-order chi connectivity index (χ1) is 11.9. The molecule has 0 aliphatic heterocycles.